The van der Waals surface area contributed by atoms with Gasteiger partial charge in [-0.3, -0.25) is 9.59 Å². The number of furan rings is 1. The highest BCUT2D eigenvalue weighted by molar-refractivity contribution is 9.10. The Labute approximate surface area is 136 Å². The Balaban J connectivity index is 1.91. The lowest BCUT2D eigenvalue weighted by Crippen LogP contribution is -2.30. The Kier molecular flexibility index (Phi) is 3.33. The molecule has 0 radical (unpaired) electrons. The molecule has 0 saturated heterocycles. The predicted octanol–water partition coefficient (Wildman–Crippen LogP) is 4.17. The molecule has 4 nitrogen and oxygen atoms in total. The van der Waals surface area contributed by atoms with Crippen LogP contribution in [0.15, 0.2) is 43.9 Å². The topological polar surface area (TPSA) is 56.5 Å². The highest BCUT2D eigenvalue weighted by atomic mass is 79.9. The van der Waals surface area contributed by atoms with Gasteiger partial charge >= 0.3 is 0 Å². The van der Waals surface area contributed by atoms with Crippen molar-refractivity contribution < 1.29 is 18.7 Å². The van der Waals surface area contributed by atoms with Gasteiger partial charge in [-0.2, -0.15) is 0 Å². The fourth-order valence-electron chi connectivity index (χ4n) is 3.59. The monoisotopic (exact) mass is 362 g/mol. The largest absolute Gasteiger partial charge is 0.465 e. The molecule has 5 heteroatoms. The summed E-state index contributed by atoms with van der Waals surface area (Å²) in [5, 5.41) is 0. The molecule has 1 aliphatic heterocycles. The Morgan fingerprint density at radius 2 is 1.50 bits per heavy atom. The molecule has 0 atom stereocenters. The average molecular weight is 363 g/mol. The smallest absolute Gasteiger partial charge is 0.169 e. The molecule has 3 aliphatic rings. The fourth-order valence-corrected chi connectivity index (χ4v) is 3.90. The summed E-state index contributed by atoms with van der Waals surface area (Å²) in [7, 11) is 0. The molecular weight excluding hydrogens is 348 g/mol. The molecule has 0 N–H and O–H groups in total. The van der Waals surface area contributed by atoms with Crippen LogP contribution in [0.3, 0.4) is 0 Å². The SMILES string of the molecule is O=C1CCCC2=C1C(c1ccc(Br)o1)C1=C(CCCC1=O)O2. The number of ketones is 2. The number of carbonyl (C=O) groups excluding carboxylic acids is 2. The van der Waals surface area contributed by atoms with E-state index in [1.165, 1.54) is 0 Å². The summed E-state index contributed by atoms with van der Waals surface area (Å²) >= 11 is 3.31. The van der Waals surface area contributed by atoms with E-state index in [1.54, 1.807) is 6.07 Å². The van der Waals surface area contributed by atoms with E-state index in [2.05, 4.69) is 15.9 Å². The first kappa shape index (κ1) is 14.0. The number of carbonyl (C=O) groups is 2. The summed E-state index contributed by atoms with van der Waals surface area (Å²) in [4.78, 5) is 25.0. The zero-order valence-electron chi connectivity index (χ0n) is 12.0. The minimum Gasteiger partial charge on any atom is -0.465 e. The molecule has 4 rings (SSSR count). The van der Waals surface area contributed by atoms with Crippen LogP contribution in [0.2, 0.25) is 0 Å². The third kappa shape index (κ3) is 2.10. The van der Waals surface area contributed by atoms with Crippen LogP contribution in [0.1, 0.15) is 50.2 Å². The van der Waals surface area contributed by atoms with E-state index in [1.807, 2.05) is 6.07 Å². The van der Waals surface area contributed by atoms with Gasteiger partial charge in [0, 0.05) is 36.8 Å². The predicted molar refractivity (Wildman–Crippen MR) is 82.0 cm³/mol. The molecule has 0 aromatic carbocycles. The van der Waals surface area contributed by atoms with E-state index in [0.717, 1.165) is 37.2 Å². The highest BCUT2D eigenvalue weighted by Gasteiger charge is 2.43. The van der Waals surface area contributed by atoms with Crippen LogP contribution in [-0.4, -0.2) is 11.6 Å². The Hall–Kier alpha value is -1.62. The molecule has 2 aliphatic carbocycles. The second-order valence-corrected chi connectivity index (χ2v) is 6.69. The quantitative estimate of drug-likeness (QED) is 0.752. The van der Waals surface area contributed by atoms with Gasteiger partial charge in [0.15, 0.2) is 16.2 Å². The Morgan fingerprint density at radius 3 is 2.00 bits per heavy atom. The number of halogens is 1. The van der Waals surface area contributed by atoms with Crippen molar-refractivity contribution in [3.8, 4) is 0 Å². The zero-order chi connectivity index (χ0) is 15.3. The number of allylic oxidation sites excluding steroid dienone is 4. The maximum absolute atomic E-state index is 12.5. The molecule has 1 aromatic rings. The summed E-state index contributed by atoms with van der Waals surface area (Å²) < 4.78 is 12.3. The van der Waals surface area contributed by atoms with Gasteiger partial charge in [0.2, 0.25) is 0 Å². The standard InChI is InChI=1S/C17H15BrO4/c18-14-8-7-13(22-14)17-15-9(19)3-1-5-11(15)21-12-6-2-4-10(20)16(12)17/h7-8,17H,1-6H2. The lowest BCUT2D eigenvalue weighted by atomic mass is 9.75. The summed E-state index contributed by atoms with van der Waals surface area (Å²) in [6.07, 6.45) is 4.15. The van der Waals surface area contributed by atoms with Gasteiger partial charge in [-0.05, 0) is 40.9 Å². The van der Waals surface area contributed by atoms with E-state index in [0.29, 0.717) is 34.4 Å². The van der Waals surface area contributed by atoms with Crippen molar-refractivity contribution in [1.29, 1.82) is 0 Å². The van der Waals surface area contributed by atoms with Crippen molar-refractivity contribution in [2.75, 3.05) is 0 Å². The molecular formula is C17H15BrO4. The van der Waals surface area contributed by atoms with E-state index in [-0.39, 0.29) is 11.6 Å². The molecule has 0 fully saturated rings. The molecule has 114 valence electrons. The number of ether oxygens (including phenoxy) is 1. The molecule has 0 bridgehead atoms. The van der Waals surface area contributed by atoms with Crippen LogP contribution in [0.25, 0.3) is 0 Å². The molecule has 22 heavy (non-hydrogen) atoms. The van der Waals surface area contributed by atoms with Gasteiger partial charge in [-0.15, -0.1) is 0 Å². The Bertz CT molecular complexity index is 696. The van der Waals surface area contributed by atoms with Gasteiger partial charge in [-0.1, -0.05) is 0 Å². The maximum atomic E-state index is 12.5. The first-order valence-electron chi connectivity index (χ1n) is 7.60. The lowest BCUT2D eigenvalue weighted by molar-refractivity contribution is -0.117. The molecule has 1 aromatic heterocycles. The fraction of sp³-hybridized carbons (Fsp3) is 0.412. The molecule has 2 heterocycles. The summed E-state index contributed by atoms with van der Waals surface area (Å²) in [6.45, 7) is 0. The summed E-state index contributed by atoms with van der Waals surface area (Å²) in [5.74, 6) is 1.86. The van der Waals surface area contributed by atoms with Gasteiger partial charge in [0.25, 0.3) is 0 Å². The van der Waals surface area contributed by atoms with E-state index >= 15 is 0 Å². The maximum Gasteiger partial charge on any atom is 0.169 e. The van der Waals surface area contributed by atoms with Crippen molar-refractivity contribution in [3.05, 3.63) is 45.2 Å². The first-order valence-corrected chi connectivity index (χ1v) is 8.40. The Morgan fingerprint density at radius 1 is 0.909 bits per heavy atom. The highest BCUT2D eigenvalue weighted by Crippen LogP contribution is 2.48. The average Bonchev–Trinajstić information content (AvgIpc) is 2.92. The number of Topliss-reactive ketones (excluding diaryl/α,β-unsaturated/α-hetero) is 2. The van der Waals surface area contributed by atoms with Crippen molar-refractivity contribution in [2.24, 2.45) is 0 Å². The molecule has 0 spiro atoms. The number of rotatable bonds is 1. The van der Waals surface area contributed by atoms with Crippen molar-refractivity contribution >= 4 is 27.5 Å². The van der Waals surface area contributed by atoms with Crippen molar-refractivity contribution in [1.82, 2.24) is 0 Å². The van der Waals surface area contributed by atoms with Crippen LogP contribution in [-0.2, 0) is 14.3 Å². The summed E-state index contributed by atoms with van der Waals surface area (Å²) in [6, 6.07) is 3.63. The van der Waals surface area contributed by atoms with Crippen LogP contribution in [0, 0.1) is 0 Å². The molecule has 0 unspecified atom stereocenters. The van der Waals surface area contributed by atoms with Crippen LogP contribution in [0.4, 0.5) is 0 Å². The molecule has 0 amide bonds. The van der Waals surface area contributed by atoms with E-state index < -0.39 is 5.92 Å². The minimum atomic E-state index is -0.398. The van der Waals surface area contributed by atoms with Crippen molar-refractivity contribution in [2.45, 2.75) is 44.4 Å². The normalized spacial score (nSPS) is 22.6. The zero-order valence-corrected chi connectivity index (χ0v) is 13.6. The third-order valence-electron chi connectivity index (χ3n) is 4.52. The van der Waals surface area contributed by atoms with E-state index in [4.69, 9.17) is 9.15 Å². The van der Waals surface area contributed by atoms with Gasteiger partial charge < -0.3 is 9.15 Å². The van der Waals surface area contributed by atoms with Crippen LogP contribution in [0.5, 0.6) is 0 Å². The minimum absolute atomic E-state index is 0.0729. The third-order valence-corrected chi connectivity index (χ3v) is 4.95. The second kappa shape index (κ2) is 5.23. The lowest BCUT2D eigenvalue weighted by Gasteiger charge is -2.34. The molecule has 0 saturated carbocycles. The summed E-state index contributed by atoms with van der Waals surface area (Å²) in [5.41, 5.74) is 1.25. The van der Waals surface area contributed by atoms with Crippen molar-refractivity contribution in [3.63, 3.8) is 0 Å². The van der Waals surface area contributed by atoms with Crippen LogP contribution < -0.4 is 0 Å². The first-order chi connectivity index (χ1) is 10.6. The van der Waals surface area contributed by atoms with Gasteiger partial charge in [0.05, 0.1) is 5.92 Å². The van der Waals surface area contributed by atoms with E-state index in [9.17, 15) is 9.59 Å². The van der Waals surface area contributed by atoms with Gasteiger partial charge in [-0.25, -0.2) is 0 Å². The number of hydrogen-bond acceptors (Lipinski definition) is 4. The van der Waals surface area contributed by atoms with Crippen LogP contribution >= 0.6 is 15.9 Å². The van der Waals surface area contributed by atoms with Gasteiger partial charge in [0.1, 0.15) is 17.3 Å². The second-order valence-electron chi connectivity index (χ2n) is 5.90. The number of hydrogen-bond donors (Lipinski definition) is 0.